The molecule has 2 aromatic heterocycles. The molecule has 16 heteroatoms. The number of halogens is 7. The molecule has 0 saturated carbocycles. The molecule has 2 heterocycles. The molecule has 0 spiro atoms. The second-order valence-corrected chi connectivity index (χ2v) is 12.0. The predicted octanol–water partition coefficient (Wildman–Crippen LogP) is 8.48. The van der Waals surface area contributed by atoms with Crippen molar-refractivity contribution in [2.24, 2.45) is 5.10 Å². The fraction of sp³-hybridized carbons (Fsp3) is 0.195. The molecular weight excluding hydrogens is 776 g/mol. The number of amides is 2. The largest absolute Gasteiger partial charge is 0.352 e. The smallest absolute Gasteiger partial charge is 0.276 e. The number of hydrogen-bond acceptors (Lipinski definition) is 5. The highest BCUT2D eigenvalue weighted by atomic mass is 35.5. The summed E-state index contributed by atoms with van der Waals surface area (Å²) in [5.74, 6) is -2.14. The van der Waals surface area contributed by atoms with Crippen LogP contribution in [0, 0.1) is 11.6 Å². The maximum Gasteiger partial charge on any atom is 0.276 e. The van der Waals surface area contributed by atoms with Crippen molar-refractivity contribution in [3.8, 4) is 0 Å². The second-order valence-electron chi connectivity index (χ2n) is 11.6. The van der Waals surface area contributed by atoms with Crippen molar-refractivity contribution < 1.29 is 35.9 Å². The molecule has 9 nitrogen and oxygen atoms in total. The normalized spacial score (nSPS) is 10.5. The van der Waals surface area contributed by atoms with Gasteiger partial charge in [-0.2, -0.15) is 5.10 Å². The summed E-state index contributed by atoms with van der Waals surface area (Å²) in [6.45, 7) is 1.79. The van der Waals surface area contributed by atoms with Crippen LogP contribution < -0.4 is 21.6 Å². The number of hydrazone groups is 1. The average molecular weight is 814 g/mol. The maximum atomic E-state index is 13.5. The number of aromatic nitrogens is 2. The van der Waals surface area contributed by atoms with Gasteiger partial charge in [0, 0.05) is 53.4 Å². The van der Waals surface area contributed by atoms with Crippen LogP contribution >= 0.6 is 11.6 Å². The Labute approximate surface area is 328 Å². The third-order valence-electron chi connectivity index (χ3n) is 8.07. The summed E-state index contributed by atoms with van der Waals surface area (Å²) in [7, 11) is 0. The number of aryl methyl sites for hydroxylation is 2. The molecule has 0 unspecified atom stereocenters. The zero-order valence-corrected chi connectivity index (χ0v) is 31.5. The first-order chi connectivity index (χ1) is 27.4. The van der Waals surface area contributed by atoms with Crippen LogP contribution in [0.15, 0.2) is 118 Å². The Morgan fingerprint density at radius 3 is 1.67 bits per heavy atom. The van der Waals surface area contributed by atoms with Gasteiger partial charge in [-0.1, -0.05) is 60.1 Å². The number of pyridine rings is 2. The zero-order chi connectivity index (χ0) is 41.9. The van der Waals surface area contributed by atoms with Crippen LogP contribution in [0.25, 0.3) is 21.8 Å². The topological polar surface area (TPSA) is 115 Å². The first-order valence-corrected chi connectivity index (χ1v) is 17.6. The Morgan fingerprint density at radius 1 is 0.702 bits per heavy atom. The maximum absolute atomic E-state index is 13.5. The lowest BCUT2D eigenvalue weighted by atomic mass is 10.1. The van der Waals surface area contributed by atoms with Crippen LogP contribution in [-0.2, 0) is 19.5 Å². The molecule has 6 aromatic rings. The lowest BCUT2D eigenvalue weighted by molar-refractivity contribution is 0.0945. The van der Waals surface area contributed by atoms with Crippen molar-refractivity contribution >= 4 is 51.4 Å². The van der Waals surface area contributed by atoms with Crippen molar-refractivity contribution in [2.45, 2.75) is 33.4 Å². The molecule has 4 aromatic carbocycles. The fourth-order valence-electron chi connectivity index (χ4n) is 5.45. The molecule has 300 valence electrons. The van der Waals surface area contributed by atoms with E-state index in [-0.39, 0.29) is 21.9 Å². The van der Waals surface area contributed by atoms with Gasteiger partial charge in [-0.25, -0.2) is 31.8 Å². The van der Waals surface area contributed by atoms with Crippen LogP contribution in [0.1, 0.15) is 45.7 Å². The summed E-state index contributed by atoms with van der Waals surface area (Å²) in [6, 6.07) is 24.8. The Hall–Kier alpha value is -6.22. The molecule has 2 amide bonds. The predicted molar refractivity (Wildman–Crippen MR) is 211 cm³/mol. The minimum Gasteiger partial charge on any atom is -0.352 e. The van der Waals surface area contributed by atoms with Gasteiger partial charge >= 0.3 is 0 Å². The Bertz CT molecular complexity index is 2420. The summed E-state index contributed by atoms with van der Waals surface area (Å²) in [5.41, 5.74) is 4.16. The summed E-state index contributed by atoms with van der Waals surface area (Å²) in [5, 5.41) is 7.47. The molecule has 0 aliphatic heterocycles. The van der Waals surface area contributed by atoms with Crippen molar-refractivity contribution in [1.29, 1.82) is 0 Å². The van der Waals surface area contributed by atoms with Gasteiger partial charge in [-0.3, -0.25) is 19.2 Å². The molecule has 0 bridgehead atoms. The highest BCUT2D eigenvalue weighted by molar-refractivity contribution is 6.33. The number of benzene rings is 4. The number of carbonyl (C=O) groups excluding carboxylic acids is 2. The third kappa shape index (κ3) is 12.7. The van der Waals surface area contributed by atoms with E-state index < -0.39 is 48.2 Å². The standard InChI is InChI=1S/C20H19FN2O2.C19H15ClFN3O2.2CH2F2/c1-2-23-13-17(19(24)16-12-15(21)8-9-18(16)23)20(25)22-11-10-14-6-4-3-5-7-14;1-2-24-11-15(18(25)14-9-13(21)7-8-17(14)24)19(26)23-22-10-12-5-3-4-6-16(12)20;2*2-1-3/h3-9,12-13H,2,10-11H2,1H3,(H,22,25);3-11H,2H2,1H3,(H,23,26);2*1H2/b;22-10-;;. The van der Waals surface area contributed by atoms with Gasteiger partial charge in [0.2, 0.25) is 24.7 Å². The van der Waals surface area contributed by atoms with Gasteiger partial charge < -0.3 is 14.5 Å². The van der Waals surface area contributed by atoms with Crippen LogP contribution in [0.3, 0.4) is 0 Å². The highest BCUT2D eigenvalue weighted by Gasteiger charge is 2.17. The van der Waals surface area contributed by atoms with Crippen LogP contribution in [0.4, 0.5) is 26.3 Å². The van der Waals surface area contributed by atoms with E-state index in [1.807, 2.05) is 44.2 Å². The molecule has 6 rings (SSSR count). The molecular formula is C41H38ClF6N5O4. The van der Waals surface area contributed by atoms with E-state index in [1.165, 1.54) is 36.7 Å². The summed E-state index contributed by atoms with van der Waals surface area (Å²) in [6.07, 6.45) is 5.05. The van der Waals surface area contributed by atoms with E-state index in [9.17, 15) is 45.5 Å². The van der Waals surface area contributed by atoms with E-state index in [4.69, 9.17) is 11.6 Å². The number of fused-ring (bicyclic) bond motifs is 2. The lowest BCUT2D eigenvalue weighted by Crippen LogP contribution is -2.31. The van der Waals surface area contributed by atoms with Crippen LogP contribution in [0.5, 0.6) is 0 Å². The minimum absolute atomic E-state index is 0.0352. The molecule has 0 saturated heterocycles. The van der Waals surface area contributed by atoms with Gasteiger partial charge in [0.15, 0.2) is 0 Å². The van der Waals surface area contributed by atoms with Gasteiger partial charge in [0.05, 0.1) is 17.2 Å². The van der Waals surface area contributed by atoms with Gasteiger partial charge in [0.1, 0.15) is 22.8 Å². The van der Waals surface area contributed by atoms with Gasteiger partial charge in [0.25, 0.3) is 11.8 Å². The monoisotopic (exact) mass is 813 g/mol. The van der Waals surface area contributed by atoms with E-state index in [0.29, 0.717) is 47.7 Å². The minimum atomic E-state index is -1.75. The number of nitrogens with zero attached hydrogens (tertiary/aromatic N) is 3. The van der Waals surface area contributed by atoms with Gasteiger partial charge in [-0.05, 0) is 68.3 Å². The number of nitrogens with one attached hydrogen (secondary N) is 2. The Morgan fingerprint density at radius 2 is 1.18 bits per heavy atom. The van der Waals surface area contributed by atoms with E-state index in [0.717, 1.165) is 11.6 Å². The lowest BCUT2D eigenvalue weighted by Gasteiger charge is -2.12. The Balaban J connectivity index is 0.000000269. The third-order valence-corrected chi connectivity index (χ3v) is 8.42. The van der Waals surface area contributed by atoms with Crippen molar-refractivity contribution in [3.05, 3.63) is 163 Å². The van der Waals surface area contributed by atoms with Crippen LogP contribution in [-0.4, -0.2) is 47.6 Å². The average Bonchev–Trinajstić information content (AvgIpc) is 3.20. The molecule has 57 heavy (non-hydrogen) atoms. The molecule has 2 N–H and O–H groups in total. The SMILES string of the molecule is CCn1cc(C(=O)N/N=C\c2ccccc2Cl)c(=O)c2cc(F)ccc21.CCn1cc(C(=O)NCCc2ccccc2)c(=O)c2cc(F)ccc21.FCF.FCF. The number of carbonyl (C=O) groups is 2. The van der Waals surface area contributed by atoms with Gasteiger partial charge in [-0.15, -0.1) is 0 Å². The van der Waals surface area contributed by atoms with E-state index in [2.05, 4.69) is 15.8 Å². The molecule has 0 radical (unpaired) electrons. The number of hydrogen-bond donors (Lipinski definition) is 2. The fourth-order valence-corrected chi connectivity index (χ4v) is 5.63. The van der Waals surface area contributed by atoms with E-state index >= 15 is 0 Å². The van der Waals surface area contributed by atoms with E-state index in [1.54, 1.807) is 45.7 Å². The summed E-state index contributed by atoms with van der Waals surface area (Å²) in [4.78, 5) is 50.0. The quantitative estimate of drug-likeness (QED) is 0.0866. The number of alkyl halides is 4. The first-order valence-electron chi connectivity index (χ1n) is 17.2. The Kier molecular flexibility index (Phi) is 18.2. The highest BCUT2D eigenvalue weighted by Crippen LogP contribution is 2.16. The summed E-state index contributed by atoms with van der Waals surface area (Å²) < 4.78 is 69.0. The van der Waals surface area contributed by atoms with Crippen molar-refractivity contribution in [1.82, 2.24) is 19.9 Å². The summed E-state index contributed by atoms with van der Waals surface area (Å²) >= 11 is 6.01. The molecule has 0 atom stereocenters. The zero-order valence-electron chi connectivity index (χ0n) is 30.8. The number of rotatable bonds is 9. The van der Waals surface area contributed by atoms with Crippen LogP contribution in [0.2, 0.25) is 5.02 Å². The van der Waals surface area contributed by atoms with Crippen molar-refractivity contribution in [3.63, 3.8) is 0 Å². The van der Waals surface area contributed by atoms with Crippen molar-refractivity contribution in [2.75, 3.05) is 20.4 Å². The molecule has 0 fully saturated rings. The second kappa shape index (κ2) is 23.0. The first kappa shape index (κ1) is 45.2. The molecule has 0 aliphatic carbocycles. The molecule has 0 aliphatic rings.